The second kappa shape index (κ2) is 6.20. The topological polar surface area (TPSA) is 73.3 Å². The van der Waals surface area contributed by atoms with Crippen molar-refractivity contribution in [1.82, 2.24) is 14.0 Å². The minimum Gasteiger partial charge on any atom is -0.338 e. The third-order valence-corrected chi connectivity index (χ3v) is 4.85. The second-order valence-corrected chi connectivity index (χ2v) is 6.33. The number of nitrogens with two attached hydrogens (primary N) is 1. The van der Waals surface area contributed by atoms with Crippen LogP contribution in [-0.4, -0.2) is 39.1 Å². The average molecular weight is 316 g/mol. The quantitative estimate of drug-likeness (QED) is 0.915. The molecule has 0 saturated carbocycles. The van der Waals surface area contributed by atoms with Gasteiger partial charge in [0, 0.05) is 19.1 Å². The SMILES string of the molecule is CCn1c(=O)n(CC(=O)N2CC(CN)CC2C)c2ccccc21. The summed E-state index contributed by atoms with van der Waals surface area (Å²) in [7, 11) is 0. The van der Waals surface area contributed by atoms with Gasteiger partial charge in [0.2, 0.25) is 5.91 Å². The lowest BCUT2D eigenvalue weighted by molar-refractivity contribution is -0.132. The lowest BCUT2D eigenvalue weighted by Crippen LogP contribution is -2.39. The maximum absolute atomic E-state index is 12.7. The summed E-state index contributed by atoms with van der Waals surface area (Å²) in [5, 5.41) is 0. The first-order valence-electron chi connectivity index (χ1n) is 8.24. The summed E-state index contributed by atoms with van der Waals surface area (Å²) < 4.78 is 3.29. The van der Waals surface area contributed by atoms with Crippen LogP contribution in [0.15, 0.2) is 29.1 Å². The van der Waals surface area contributed by atoms with Crippen LogP contribution in [0.3, 0.4) is 0 Å². The number of para-hydroxylation sites is 2. The summed E-state index contributed by atoms with van der Waals surface area (Å²) in [6.45, 7) is 5.96. The number of hydrogen-bond donors (Lipinski definition) is 1. The van der Waals surface area contributed by atoms with Gasteiger partial charge in [-0.15, -0.1) is 0 Å². The number of amides is 1. The van der Waals surface area contributed by atoms with Crippen LogP contribution in [0.5, 0.6) is 0 Å². The van der Waals surface area contributed by atoms with E-state index >= 15 is 0 Å². The van der Waals surface area contributed by atoms with Crippen molar-refractivity contribution >= 4 is 16.9 Å². The number of imidazole rings is 1. The standard InChI is InChI=1S/C17H24N4O2/c1-3-19-14-6-4-5-7-15(14)21(17(19)23)11-16(22)20-10-13(9-18)8-12(20)2/h4-7,12-13H,3,8-11,18H2,1-2H3. The van der Waals surface area contributed by atoms with Crippen molar-refractivity contribution < 1.29 is 4.79 Å². The molecule has 1 amide bonds. The minimum absolute atomic E-state index is 0.00504. The van der Waals surface area contributed by atoms with Crippen molar-refractivity contribution in [1.29, 1.82) is 0 Å². The van der Waals surface area contributed by atoms with E-state index in [4.69, 9.17) is 5.73 Å². The fourth-order valence-electron chi connectivity index (χ4n) is 3.62. The van der Waals surface area contributed by atoms with Crippen LogP contribution in [0.25, 0.3) is 11.0 Å². The fraction of sp³-hybridized carbons (Fsp3) is 0.529. The van der Waals surface area contributed by atoms with Crippen LogP contribution in [0.4, 0.5) is 0 Å². The van der Waals surface area contributed by atoms with Gasteiger partial charge in [-0.05, 0) is 44.9 Å². The van der Waals surface area contributed by atoms with Gasteiger partial charge < -0.3 is 10.6 Å². The molecule has 2 atom stereocenters. The number of likely N-dealkylation sites (tertiary alicyclic amines) is 1. The minimum atomic E-state index is -0.121. The van der Waals surface area contributed by atoms with Gasteiger partial charge in [-0.2, -0.15) is 0 Å². The predicted octanol–water partition coefficient (Wildman–Crippen LogP) is 1.02. The molecule has 1 aliphatic heterocycles. The molecule has 3 rings (SSSR count). The highest BCUT2D eigenvalue weighted by Gasteiger charge is 2.32. The Morgan fingerprint density at radius 1 is 1.26 bits per heavy atom. The first-order chi connectivity index (χ1) is 11.1. The molecule has 124 valence electrons. The molecule has 2 aromatic rings. The molecule has 2 heterocycles. The van der Waals surface area contributed by atoms with E-state index < -0.39 is 0 Å². The number of hydrogen-bond acceptors (Lipinski definition) is 3. The van der Waals surface area contributed by atoms with E-state index in [1.807, 2.05) is 43.0 Å². The number of benzene rings is 1. The molecule has 1 aliphatic rings. The molecule has 23 heavy (non-hydrogen) atoms. The van der Waals surface area contributed by atoms with E-state index in [1.165, 1.54) is 0 Å². The van der Waals surface area contributed by atoms with Gasteiger partial charge in [0.25, 0.3) is 0 Å². The van der Waals surface area contributed by atoms with Crippen molar-refractivity contribution in [3.8, 4) is 0 Å². The number of nitrogens with zero attached hydrogens (tertiary/aromatic N) is 3. The molecule has 6 nitrogen and oxygen atoms in total. The van der Waals surface area contributed by atoms with Crippen molar-refractivity contribution in [2.45, 2.75) is 39.4 Å². The Bertz CT molecular complexity index is 776. The van der Waals surface area contributed by atoms with Crippen LogP contribution < -0.4 is 11.4 Å². The number of aromatic nitrogens is 2. The smallest absolute Gasteiger partial charge is 0.329 e. The summed E-state index contributed by atoms with van der Waals surface area (Å²) in [5.74, 6) is 0.359. The van der Waals surface area contributed by atoms with Crippen LogP contribution in [0.2, 0.25) is 0 Å². The zero-order chi connectivity index (χ0) is 16.6. The zero-order valence-corrected chi connectivity index (χ0v) is 13.7. The molecule has 0 spiro atoms. The van der Waals surface area contributed by atoms with Gasteiger partial charge in [0.15, 0.2) is 0 Å². The molecule has 6 heteroatoms. The van der Waals surface area contributed by atoms with E-state index in [9.17, 15) is 9.59 Å². The molecule has 2 N–H and O–H groups in total. The fourth-order valence-corrected chi connectivity index (χ4v) is 3.62. The van der Waals surface area contributed by atoms with Gasteiger partial charge in [-0.25, -0.2) is 4.79 Å². The Morgan fingerprint density at radius 2 is 1.91 bits per heavy atom. The number of carbonyl (C=O) groups is 1. The molecule has 0 radical (unpaired) electrons. The van der Waals surface area contributed by atoms with Gasteiger partial charge in [-0.3, -0.25) is 13.9 Å². The van der Waals surface area contributed by atoms with Crippen LogP contribution in [-0.2, 0) is 17.9 Å². The number of aryl methyl sites for hydroxylation is 1. The Labute approximate surface area is 135 Å². The highest BCUT2D eigenvalue weighted by Crippen LogP contribution is 2.22. The van der Waals surface area contributed by atoms with E-state index in [1.54, 1.807) is 9.13 Å². The maximum Gasteiger partial charge on any atom is 0.329 e. The highest BCUT2D eigenvalue weighted by atomic mass is 16.2. The monoisotopic (exact) mass is 316 g/mol. The van der Waals surface area contributed by atoms with Crippen molar-refractivity contribution in [3.05, 3.63) is 34.7 Å². The third kappa shape index (κ3) is 2.67. The number of carbonyl (C=O) groups excluding carboxylic acids is 1. The summed E-state index contributed by atoms with van der Waals surface area (Å²) in [5.41, 5.74) is 7.30. The van der Waals surface area contributed by atoms with Gasteiger partial charge >= 0.3 is 5.69 Å². The summed E-state index contributed by atoms with van der Waals surface area (Å²) >= 11 is 0. The molecule has 1 fully saturated rings. The van der Waals surface area contributed by atoms with E-state index in [2.05, 4.69) is 0 Å². The van der Waals surface area contributed by atoms with E-state index in [0.29, 0.717) is 25.6 Å². The lowest BCUT2D eigenvalue weighted by Gasteiger charge is -2.21. The Hall–Kier alpha value is -2.08. The van der Waals surface area contributed by atoms with Crippen LogP contribution in [0.1, 0.15) is 20.3 Å². The van der Waals surface area contributed by atoms with E-state index in [0.717, 1.165) is 17.5 Å². The van der Waals surface area contributed by atoms with Crippen LogP contribution >= 0.6 is 0 Å². The van der Waals surface area contributed by atoms with Gasteiger partial charge in [-0.1, -0.05) is 12.1 Å². The molecular weight excluding hydrogens is 292 g/mol. The predicted molar refractivity (Wildman–Crippen MR) is 90.2 cm³/mol. The van der Waals surface area contributed by atoms with Crippen molar-refractivity contribution in [2.24, 2.45) is 11.7 Å². The molecule has 1 aromatic carbocycles. The number of rotatable bonds is 4. The average Bonchev–Trinajstić information content (AvgIpc) is 3.06. The number of fused-ring (bicyclic) bond motifs is 1. The zero-order valence-electron chi connectivity index (χ0n) is 13.7. The molecule has 0 bridgehead atoms. The second-order valence-electron chi connectivity index (χ2n) is 6.33. The van der Waals surface area contributed by atoms with Gasteiger partial charge in [0.1, 0.15) is 6.54 Å². The largest absolute Gasteiger partial charge is 0.338 e. The normalized spacial score (nSPS) is 21.3. The Morgan fingerprint density at radius 3 is 2.48 bits per heavy atom. The Kier molecular flexibility index (Phi) is 4.26. The summed E-state index contributed by atoms with van der Waals surface area (Å²) in [4.78, 5) is 27.2. The maximum atomic E-state index is 12.7. The lowest BCUT2D eigenvalue weighted by atomic mass is 10.1. The van der Waals surface area contributed by atoms with Crippen molar-refractivity contribution in [3.63, 3.8) is 0 Å². The van der Waals surface area contributed by atoms with Crippen LogP contribution in [0, 0.1) is 5.92 Å². The highest BCUT2D eigenvalue weighted by molar-refractivity contribution is 5.81. The first-order valence-corrected chi connectivity index (χ1v) is 8.24. The van der Waals surface area contributed by atoms with E-state index in [-0.39, 0.29) is 24.2 Å². The summed E-state index contributed by atoms with van der Waals surface area (Å²) in [6, 6.07) is 7.81. The molecule has 1 saturated heterocycles. The summed E-state index contributed by atoms with van der Waals surface area (Å²) in [6.07, 6.45) is 0.938. The molecule has 2 unspecified atom stereocenters. The third-order valence-electron chi connectivity index (χ3n) is 4.85. The van der Waals surface area contributed by atoms with Crippen molar-refractivity contribution in [2.75, 3.05) is 13.1 Å². The molecule has 1 aromatic heterocycles. The molecule has 0 aliphatic carbocycles. The van der Waals surface area contributed by atoms with Gasteiger partial charge in [0.05, 0.1) is 11.0 Å². The first kappa shape index (κ1) is 15.8. The Balaban J connectivity index is 1.92. The molecular formula is C17H24N4O2.